The van der Waals surface area contributed by atoms with E-state index < -0.39 is 23.9 Å². The Kier molecular flexibility index (Phi) is 7.64. The van der Waals surface area contributed by atoms with Crippen LogP contribution in [0.5, 0.6) is 0 Å². The van der Waals surface area contributed by atoms with E-state index in [1.807, 2.05) is 0 Å². The zero-order chi connectivity index (χ0) is 14.1. The first-order valence-electron chi connectivity index (χ1n) is 5.51. The highest BCUT2D eigenvalue weighted by atomic mass is 16.4. The second kappa shape index (κ2) is 8.43. The number of hydrogen-bond acceptors (Lipinski definition) is 5. The molecule has 0 aromatic heterocycles. The van der Waals surface area contributed by atoms with Gasteiger partial charge in [0, 0.05) is 6.42 Å². The van der Waals surface area contributed by atoms with E-state index in [1.54, 1.807) is 0 Å². The number of aliphatic carboxylic acids is 3. The average Bonchev–Trinajstić information content (AvgIpc) is 2.79. The number of nitrogens with two attached hydrogens (primary N) is 1. The molecule has 1 rings (SSSR count). The molecule has 0 spiro atoms. The van der Waals surface area contributed by atoms with Gasteiger partial charge in [-0.25, -0.2) is 0 Å². The van der Waals surface area contributed by atoms with Crippen LogP contribution >= 0.6 is 0 Å². The van der Waals surface area contributed by atoms with E-state index >= 15 is 0 Å². The van der Waals surface area contributed by atoms with Gasteiger partial charge in [-0.15, -0.1) is 0 Å². The van der Waals surface area contributed by atoms with Crippen LogP contribution in [-0.4, -0.2) is 51.9 Å². The second-order valence-corrected chi connectivity index (χ2v) is 3.86. The molecule has 0 amide bonds. The molecule has 104 valence electrons. The first-order valence-corrected chi connectivity index (χ1v) is 5.51. The fourth-order valence-corrected chi connectivity index (χ4v) is 1.30. The van der Waals surface area contributed by atoms with Gasteiger partial charge in [0.1, 0.15) is 12.1 Å². The number of carboxylic acids is 3. The van der Waals surface area contributed by atoms with Crippen molar-refractivity contribution >= 4 is 17.9 Å². The summed E-state index contributed by atoms with van der Waals surface area (Å²) in [7, 11) is 0. The zero-order valence-electron chi connectivity index (χ0n) is 9.83. The van der Waals surface area contributed by atoms with Gasteiger partial charge in [-0.2, -0.15) is 0 Å². The highest BCUT2D eigenvalue weighted by Gasteiger charge is 2.20. The highest BCUT2D eigenvalue weighted by molar-refractivity contribution is 5.74. The molecule has 8 heteroatoms. The van der Waals surface area contributed by atoms with E-state index in [2.05, 4.69) is 5.32 Å². The molecular weight excluding hydrogens is 244 g/mol. The molecule has 2 atom stereocenters. The molecule has 1 aliphatic rings. The van der Waals surface area contributed by atoms with Crippen molar-refractivity contribution in [3.63, 3.8) is 0 Å². The van der Waals surface area contributed by atoms with Crippen molar-refractivity contribution < 1.29 is 29.7 Å². The van der Waals surface area contributed by atoms with Gasteiger partial charge in [0.25, 0.3) is 0 Å². The molecule has 1 heterocycles. The Bertz CT molecular complexity index is 301. The molecule has 0 aromatic carbocycles. The first-order chi connectivity index (χ1) is 8.34. The lowest BCUT2D eigenvalue weighted by Gasteiger charge is -2.01. The van der Waals surface area contributed by atoms with Crippen LogP contribution in [0, 0.1) is 0 Å². The van der Waals surface area contributed by atoms with Crippen molar-refractivity contribution in [1.82, 2.24) is 5.32 Å². The summed E-state index contributed by atoms with van der Waals surface area (Å²) in [6.07, 6.45) is 1.56. The van der Waals surface area contributed by atoms with Gasteiger partial charge in [0.05, 0.1) is 0 Å². The SMILES string of the molecule is NC(CCC(=O)O)C(=O)O.O=C(O)[C@@H]1CCCN1. The van der Waals surface area contributed by atoms with Crippen LogP contribution in [0.2, 0.25) is 0 Å². The molecule has 0 saturated carbocycles. The predicted molar refractivity (Wildman–Crippen MR) is 61.1 cm³/mol. The summed E-state index contributed by atoms with van der Waals surface area (Å²) >= 11 is 0. The van der Waals surface area contributed by atoms with Crippen LogP contribution in [0.1, 0.15) is 25.7 Å². The summed E-state index contributed by atoms with van der Waals surface area (Å²) in [5.41, 5.74) is 5.00. The van der Waals surface area contributed by atoms with Crippen LogP contribution in [-0.2, 0) is 14.4 Å². The third kappa shape index (κ3) is 7.58. The van der Waals surface area contributed by atoms with Crippen molar-refractivity contribution in [2.24, 2.45) is 5.73 Å². The number of hydrogen-bond donors (Lipinski definition) is 5. The van der Waals surface area contributed by atoms with E-state index in [-0.39, 0.29) is 18.9 Å². The Hall–Kier alpha value is -1.67. The number of nitrogens with one attached hydrogen (secondary N) is 1. The molecule has 8 nitrogen and oxygen atoms in total. The quantitative estimate of drug-likeness (QED) is 0.427. The molecule has 0 aromatic rings. The van der Waals surface area contributed by atoms with E-state index in [4.69, 9.17) is 21.1 Å². The Morgan fingerprint density at radius 3 is 2.17 bits per heavy atom. The number of carboxylic acid groups (broad SMARTS) is 3. The Morgan fingerprint density at radius 1 is 1.28 bits per heavy atom. The summed E-state index contributed by atoms with van der Waals surface area (Å²) in [6.45, 7) is 0.858. The summed E-state index contributed by atoms with van der Waals surface area (Å²) < 4.78 is 0. The maximum atomic E-state index is 10.1. The molecule has 1 fully saturated rings. The molecule has 18 heavy (non-hydrogen) atoms. The fourth-order valence-electron chi connectivity index (χ4n) is 1.30. The third-order valence-corrected chi connectivity index (χ3v) is 2.34. The van der Waals surface area contributed by atoms with Gasteiger partial charge >= 0.3 is 17.9 Å². The zero-order valence-corrected chi connectivity index (χ0v) is 9.83. The number of rotatable bonds is 5. The molecular formula is C10H18N2O6. The fraction of sp³-hybridized carbons (Fsp3) is 0.700. The van der Waals surface area contributed by atoms with E-state index in [0.717, 1.165) is 19.4 Å². The molecule has 0 aliphatic carbocycles. The largest absolute Gasteiger partial charge is 0.481 e. The average molecular weight is 262 g/mol. The minimum Gasteiger partial charge on any atom is -0.481 e. The molecule has 1 unspecified atom stereocenters. The second-order valence-electron chi connectivity index (χ2n) is 3.86. The molecule has 1 aliphatic heterocycles. The van der Waals surface area contributed by atoms with Crippen molar-refractivity contribution in [3.8, 4) is 0 Å². The Morgan fingerprint density at radius 2 is 1.89 bits per heavy atom. The lowest BCUT2D eigenvalue weighted by Crippen LogP contribution is -2.30. The van der Waals surface area contributed by atoms with Crippen molar-refractivity contribution in [3.05, 3.63) is 0 Å². The van der Waals surface area contributed by atoms with Crippen LogP contribution < -0.4 is 11.1 Å². The summed E-state index contributed by atoms with van der Waals surface area (Å²) in [4.78, 5) is 30.0. The van der Waals surface area contributed by atoms with Gasteiger partial charge in [0.2, 0.25) is 0 Å². The minimum absolute atomic E-state index is 0.0231. The summed E-state index contributed by atoms with van der Waals surface area (Å²) in [5.74, 6) is -2.92. The molecule has 0 bridgehead atoms. The maximum Gasteiger partial charge on any atom is 0.320 e. The first kappa shape index (κ1) is 16.3. The molecule has 0 radical (unpaired) electrons. The van der Waals surface area contributed by atoms with Crippen LogP contribution in [0.3, 0.4) is 0 Å². The van der Waals surface area contributed by atoms with Gasteiger partial charge in [-0.05, 0) is 25.8 Å². The Balaban J connectivity index is 0.000000327. The lowest BCUT2D eigenvalue weighted by atomic mass is 10.2. The maximum absolute atomic E-state index is 10.1. The normalized spacial score (nSPS) is 19.5. The smallest absolute Gasteiger partial charge is 0.320 e. The van der Waals surface area contributed by atoms with Gasteiger partial charge in [0.15, 0.2) is 0 Å². The third-order valence-electron chi connectivity index (χ3n) is 2.34. The Labute approximate surface area is 104 Å². The molecule has 1 saturated heterocycles. The van der Waals surface area contributed by atoms with Crippen molar-refractivity contribution in [1.29, 1.82) is 0 Å². The molecule has 6 N–H and O–H groups in total. The minimum atomic E-state index is -1.17. The van der Waals surface area contributed by atoms with E-state index in [0.29, 0.717) is 0 Å². The summed E-state index contributed by atoms with van der Waals surface area (Å²) in [6, 6.07) is -1.33. The highest BCUT2D eigenvalue weighted by Crippen LogP contribution is 2.03. The van der Waals surface area contributed by atoms with Crippen LogP contribution in [0.25, 0.3) is 0 Å². The van der Waals surface area contributed by atoms with Crippen molar-refractivity contribution in [2.45, 2.75) is 37.8 Å². The topological polar surface area (TPSA) is 150 Å². The summed E-state index contributed by atoms with van der Waals surface area (Å²) in [5, 5.41) is 27.5. The van der Waals surface area contributed by atoms with Gasteiger partial charge in [-0.1, -0.05) is 0 Å². The van der Waals surface area contributed by atoms with Crippen molar-refractivity contribution in [2.75, 3.05) is 6.54 Å². The van der Waals surface area contributed by atoms with Crippen LogP contribution in [0.4, 0.5) is 0 Å². The predicted octanol–water partition coefficient (Wildman–Crippen LogP) is -0.914. The van der Waals surface area contributed by atoms with E-state index in [1.165, 1.54) is 0 Å². The standard InChI is InChI=1S/C5H9NO4.C5H9NO2/c6-3(5(9)10)1-2-4(7)8;7-5(8)4-2-1-3-6-4/h3H,1-2,6H2,(H,7,8)(H,9,10);4,6H,1-3H2,(H,7,8)/t;4-/m.0/s1. The monoisotopic (exact) mass is 262 g/mol. The van der Waals surface area contributed by atoms with Gasteiger partial charge in [-0.3, -0.25) is 14.4 Å². The van der Waals surface area contributed by atoms with Gasteiger partial charge < -0.3 is 26.4 Å². The van der Waals surface area contributed by atoms with E-state index in [9.17, 15) is 14.4 Å². The van der Waals surface area contributed by atoms with Crippen LogP contribution in [0.15, 0.2) is 0 Å². The number of carbonyl (C=O) groups is 3. The lowest BCUT2D eigenvalue weighted by molar-refractivity contribution is -0.140.